The standard InChI is InChI=1S/C21H20ClN3O2/c1-13-9-10-14(11-16(13)22)23-20(26)12-25-19-8-3-2-6-18(19)24-17-7-4-5-15(17)21(25)27/h2-3,6,8-11,15H,4-5,7,12H2,1H3,(H,23,26)/t15-/m1/s1. The number of nitrogens with zero attached hydrogens (tertiary/aromatic N) is 2. The monoisotopic (exact) mass is 381 g/mol. The summed E-state index contributed by atoms with van der Waals surface area (Å²) in [4.78, 5) is 32.1. The highest BCUT2D eigenvalue weighted by molar-refractivity contribution is 6.31. The summed E-state index contributed by atoms with van der Waals surface area (Å²) in [7, 11) is 0. The molecule has 0 bridgehead atoms. The van der Waals surface area contributed by atoms with Crippen LogP contribution in [0.4, 0.5) is 17.1 Å². The van der Waals surface area contributed by atoms with E-state index < -0.39 is 0 Å². The zero-order chi connectivity index (χ0) is 19.0. The van der Waals surface area contributed by atoms with E-state index in [4.69, 9.17) is 16.6 Å². The van der Waals surface area contributed by atoms with Crippen LogP contribution in [0.15, 0.2) is 47.5 Å². The van der Waals surface area contributed by atoms with Gasteiger partial charge < -0.3 is 10.2 Å². The Morgan fingerprint density at radius 2 is 2.11 bits per heavy atom. The van der Waals surface area contributed by atoms with Crippen molar-refractivity contribution in [2.24, 2.45) is 10.9 Å². The van der Waals surface area contributed by atoms with Gasteiger partial charge in [-0.15, -0.1) is 0 Å². The van der Waals surface area contributed by atoms with Crippen LogP contribution in [0.2, 0.25) is 5.02 Å². The van der Waals surface area contributed by atoms with E-state index in [9.17, 15) is 9.59 Å². The molecular formula is C21H20ClN3O2. The second-order valence-corrected chi connectivity index (χ2v) is 7.38. The van der Waals surface area contributed by atoms with Crippen LogP contribution in [-0.4, -0.2) is 24.1 Å². The molecular weight excluding hydrogens is 362 g/mol. The zero-order valence-electron chi connectivity index (χ0n) is 15.0. The largest absolute Gasteiger partial charge is 0.324 e. The maximum Gasteiger partial charge on any atom is 0.244 e. The number of amides is 2. The number of carbonyl (C=O) groups excluding carboxylic acids is 2. The normalized spacial score (nSPS) is 18.4. The van der Waals surface area contributed by atoms with Crippen LogP contribution in [0, 0.1) is 12.8 Å². The van der Waals surface area contributed by atoms with Crippen molar-refractivity contribution in [3.63, 3.8) is 0 Å². The van der Waals surface area contributed by atoms with Gasteiger partial charge in [0.25, 0.3) is 0 Å². The summed E-state index contributed by atoms with van der Waals surface area (Å²) in [6.45, 7) is 1.85. The van der Waals surface area contributed by atoms with Gasteiger partial charge in [0.05, 0.1) is 17.3 Å². The van der Waals surface area contributed by atoms with E-state index in [0.29, 0.717) is 16.4 Å². The van der Waals surface area contributed by atoms with Crippen LogP contribution in [0.25, 0.3) is 0 Å². The first-order valence-corrected chi connectivity index (χ1v) is 9.44. The number of aliphatic imine (C=N–C) groups is 1. The number of benzene rings is 2. The van der Waals surface area contributed by atoms with E-state index in [0.717, 1.165) is 36.2 Å². The molecule has 1 fully saturated rings. The van der Waals surface area contributed by atoms with Crippen LogP contribution in [-0.2, 0) is 9.59 Å². The van der Waals surface area contributed by atoms with Crippen LogP contribution in [0.3, 0.4) is 0 Å². The summed E-state index contributed by atoms with van der Waals surface area (Å²) in [6, 6.07) is 12.9. The summed E-state index contributed by atoms with van der Waals surface area (Å²) in [6.07, 6.45) is 2.59. The molecule has 1 saturated carbocycles. The molecule has 27 heavy (non-hydrogen) atoms. The molecule has 138 valence electrons. The molecule has 1 atom stereocenters. The predicted molar refractivity (Wildman–Crippen MR) is 108 cm³/mol. The van der Waals surface area contributed by atoms with Gasteiger partial charge in [0.15, 0.2) is 0 Å². The van der Waals surface area contributed by atoms with Gasteiger partial charge in [-0.1, -0.05) is 29.8 Å². The van der Waals surface area contributed by atoms with Crippen molar-refractivity contribution in [3.8, 4) is 0 Å². The number of hydrogen-bond acceptors (Lipinski definition) is 3. The van der Waals surface area contributed by atoms with Gasteiger partial charge in [-0.3, -0.25) is 14.6 Å². The fourth-order valence-corrected chi connectivity index (χ4v) is 3.83. The molecule has 2 aliphatic rings. The van der Waals surface area contributed by atoms with Crippen molar-refractivity contribution in [1.29, 1.82) is 0 Å². The van der Waals surface area contributed by atoms with Crippen molar-refractivity contribution in [2.45, 2.75) is 26.2 Å². The third-order valence-corrected chi connectivity index (χ3v) is 5.49. The molecule has 1 heterocycles. The van der Waals surface area contributed by atoms with Crippen molar-refractivity contribution in [2.75, 3.05) is 16.8 Å². The van der Waals surface area contributed by atoms with E-state index in [-0.39, 0.29) is 24.3 Å². The number of nitrogens with one attached hydrogen (secondary N) is 1. The van der Waals surface area contributed by atoms with Gasteiger partial charge in [-0.05, 0) is 56.0 Å². The topological polar surface area (TPSA) is 61.8 Å². The van der Waals surface area contributed by atoms with E-state index in [2.05, 4.69) is 5.32 Å². The van der Waals surface area contributed by atoms with Gasteiger partial charge in [-0.25, -0.2) is 0 Å². The Hall–Kier alpha value is -2.66. The maximum atomic E-state index is 13.1. The molecule has 1 aliphatic carbocycles. The highest BCUT2D eigenvalue weighted by Crippen LogP contribution is 2.37. The Kier molecular flexibility index (Phi) is 4.70. The second kappa shape index (κ2) is 7.16. The minimum atomic E-state index is -0.264. The van der Waals surface area contributed by atoms with Gasteiger partial charge >= 0.3 is 0 Å². The van der Waals surface area contributed by atoms with Crippen molar-refractivity contribution >= 4 is 46.2 Å². The van der Waals surface area contributed by atoms with E-state index in [1.165, 1.54) is 0 Å². The molecule has 0 aromatic heterocycles. The van der Waals surface area contributed by atoms with Gasteiger partial charge in [0, 0.05) is 16.4 Å². The molecule has 5 nitrogen and oxygen atoms in total. The molecule has 0 spiro atoms. The van der Waals surface area contributed by atoms with Gasteiger partial charge in [0.2, 0.25) is 11.8 Å². The van der Waals surface area contributed by atoms with E-state index in [1.807, 2.05) is 37.3 Å². The molecule has 1 N–H and O–H groups in total. The minimum absolute atomic E-state index is 0.0479. The van der Waals surface area contributed by atoms with Gasteiger partial charge in [0.1, 0.15) is 6.54 Å². The molecule has 0 unspecified atom stereocenters. The SMILES string of the molecule is Cc1ccc(NC(=O)CN2C(=O)[C@@H]3CCCC3=Nc3ccccc32)cc1Cl. The summed E-state index contributed by atoms with van der Waals surface area (Å²) in [5.74, 6) is -0.535. The number of halogens is 1. The Labute approximate surface area is 163 Å². The molecule has 2 amide bonds. The third kappa shape index (κ3) is 3.47. The number of rotatable bonds is 3. The van der Waals surface area contributed by atoms with Crippen LogP contribution in [0.5, 0.6) is 0 Å². The third-order valence-electron chi connectivity index (χ3n) is 5.09. The smallest absolute Gasteiger partial charge is 0.244 e. The Balaban J connectivity index is 1.59. The summed E-state index contributed by atoms with van der Waals surface area (Å²) < 4.78 is 0. The lowest BCUT2D eigenvalue weighted by atomic mass is 10.1. The molecule has 2 aromatic rings. The quantitative estimate of drug-likeness (QED) is 0.850. The van der Waals surface area contributed by atoms with E-state index >= 15 is 0 Å². The maximum absolute atomic E-state index is 13.1. The number of anilines is 2. The first-order chi connectivity index (χ1) is 13.0. The molecule has 4 rings (SSSR count). The number of hydrogen-bond donors (Lipinski definition) is 1. The van der Waals surface area contributed by atoms with Crippen LogP contribution in [0.1, 0.15) is 24.8 Å². The average Bonchev–Trinajstić information content (AvgIpc) is 3.07. The lowest BCUT2D eigenvalue weighted by Gasteiger charge is -2.24. The second-order valence-electron chi connectivity index (χ2n) is 6.97. The number of para-hydroxylation sites is 2. The highest BCUT2D eigenvalue weighted by Gasteiger charge is 2.37. The van der Waals surface area contributed by atoms with Crippen molar-refractivity contribution < 1.29 is 9.59 Å². The Morgan fingerprint density at radius 1 is 1.30 bits per heavy atom. The summed E-state index contributed by atoms with van der Waals surface area (Å²) >= 11 is 6.13. The number of aryl methyl sites for hydroxylation is 1. The van der Waals surface area contributed by atoms with Crippen LogP contribution < -0.4 is 10.2 Å². The van der Waals surface area contributed by atoms with Gasteiger partial charge in [-0.2, -0.15) is 0 Å². The number of fused-ring (bicyclic) bond motifs is 2. The van der Waals surface area contributed by atoms with E-state index in [1.54, 1.807) is 17.0 Å². The molecule has 1 aliphatic heterocycles. The fourth-order valence-electron chi connectivity index (χ4n) is 3.65. The zero-order valence-corrected chi connectivity index (χ0v) is 15.8. The lowest BCUT2D eigenvalue weighted by Crippen LogP contribution is -2.41. The van der Waals surface area contributed by atoms with Crippen molar-refractivity contribution in [3.05, 3.63) is 53.1 Å². The fraction of sp³-hybridized carbons (Fsp3) is 0.286. The Morgan fingerprint density at radius 3 is 2.93 bits per heavy atom. The summed E-state index contributed by atoms with van der Waals surface area (Å²) in [5, 5.41) is 3.42. The molecule has 0 saturated heterocycles. The minimum Gasteiger partial charge on any atom is -0.324 e. The average molecular weight is 382 g/mol. The number of carbonyl (C=O) groups is 2. The Bertz CT molecular complexity index is 954. The highest BCUT2D eigenvalue weighted by atomic mass is 35.5. The molecule has 0 radical (unpaired) electrons. The molecule has 2 aromatic carbocycles. The first-order valence-electron chi connectivity index (χ1n) is 9.07. The molecule has 6 heteroatoms. The van der Waals surface area contributed by atoms with Crippen molar-refractivity contribution in [1.82, 2.24) is 0 Å². The summed E-state index contributed by atoms with van der Waals surface area (Å²) in [5.41, 5.74) is 3.92. The first kappa shape index (κ1) is 17.7. The van der Waals surface area contributed by atoms with Crippen LogP contribution >= 0.6 is 11.6 Å². The predicted octanol–water partition coefficient (Wildman–Crippen LogP) is 4.51. The lowest BCUT2D eigenvalue weighted by molar-refractivity contribution is -0.122.